The quantitative estimate of drug-likeness (QED) is 0.0272. The van der Waals surface area contributed by atoms with Crippen molar-refractivity contribution in [3.05, 3.63) is 12.2 Å². The van der Waals surface area contributed by atoms with Gasteiger partial charge in [-0.3, -0.25) is 9.36 Å². The summed E-state index contributed by atoms with van der Waals surface area (Å²) in [5.74, 6) is -0.191. The van der Waals surface area contributed by atoms with Crippen LogP contribution < -0.4 is 10.2 Å². The topological polar surface area (TPSA) is 108 Å². The van der Waals surface area contributed by atoms with Crippen LogP contribution in [0.25, 0.3) is 0 Å². The first kappa shape index (κ1) is 69.2. The zero-order valence-corrected chi connectivity index (χ0v) is 48.6. The number of hydrogen-bond acceptors (Lipinski definition) is 6. The van der Waals surface area contributed by atoms with Crippen molar-refractivity contribution in [1.29, 1.82) is 0 Å². The van der Waals surface area contributed by atoms with Crippen molar-refractivity contribution in [2.24, 2.45) is 0 Å². The third kappa shape index (κ3) is 55.0. The van der Waals surface area contributed by atoms with E-state index in [1.807, 2.05) is 27.2 Å². The number of carbonyl (C=O) groups is 1. The van der Waals surface area contributed by atoms with E-state index in [-0.39, 0.29) is 19.1 Å². The molecule has 9 heteroatoms. The van der Waals surface area contributed by atoms with E-state index in [1.54, 1.807) is 6.08 Å². The number of nitrogens with one attached hydrogen (secondary N) is 1. The first-order valence-electron chi connectivity index (χ1n) is 31.1. The fraction of sp³-hybridized carbons (Fsp3) is 0.951. The highest BCUT2D eigenvalue weighted by molar-refractivity contribution is 7.45. The van der Waals surface area contributed by atoms with E-state index in [1.165, 1.54) is 263 Å². The van der Waals surface area contributed by atoms with E-state index in [0.717, 1.165) is 38.5 Å². The molecule has 2 N–H and O–H groups in total. The average Bonchev–Trinajstić information content (AvgIpc) is 3.32. The van der Waals surface area contributed by atoms with Gasteiger partial charge in [-0.05, 0) is 19.3 Å². The molecular formula is C61H123N2O6P. The monoisotopic (exact) mass is 1010 g/mol. The van der Waals surface area contributed by atoms with Crippen molar-refractivity contribution < 1.29 is 32.9 Å². The van der Waals surface area contributed by atoms with Crippen molar-refractivity contribution in [1.82, 2.24) is 5.32 Å². The highest BCUT2D eigenvalue weighted by atomic mass is 31.2. The molecule has 0 aromatic carbocycles. The van der Waals surface area contributed by atoms with Gasteiger partial charge in [0.1, 0.15) is 13.2 Å². The summed E-state index contributed by atoms with van der Waals surface area (Å²) in [6.07, 6.45) is 66.0. The van der Waals surface area contributed by atoms with Gasteiger partial charge in [0.15, 0.2) is 0 Å². The highest BCUT2D eigenvalue weighted by Crippen LogP contribution is 2.38. The Morgan fingerprint density at radius 3 is 1.07 bits per heavy atom. The van der Waals surface area contributed by atoms with Crippen LogP contribution in [0.5, 0.6) is 0 Å². The van der Waals surface area contributed by atoms with E-state index in [9.17, 15) is 19.4 Å². The fourth-order valence-corrected chi connectivity index (χ4v) is 10.4. The highest BCUT2D eigenvalue weighted by Gasteiger charge is 2.23. The smallest absolute Gasteiger partial charge is 0.268 e. The van der Waals surface area contributed by atoms with Crippen molar-refractivity contribution in [3.63, 3.8) is 0 Å². The Kier molecular flexibility index (Phi) is 52.5. The van der Waals surface area contributed by atoms with Gasteiger partial charge in [0.25, 0.3) is 7.82 Å². The second-order valence-corrected chi connectivity index (χ2v) is 24.2. The summed E-state index contributed by atoms with van der Waals surface area (Å²) in [6, 6.07) is -0.882. The maximum atomic E-state index is 12.9. The van der Waals surface area contributed by atoms with E-state index in [2.05, 4.69) is 19.2 Å². The van der Waals surface area contributed by atoms with Crippen molar-refractivity contribution >= 4 is 13.7 Å². The summed E-state index contributed by atoms with van der Waals surface area (Å²) < 4.78 is 23.4. The summed E-state index contributed by atoms with van der Waals surface area (Å²) in [6.45, 7) is 4.70. The molecule has 1 amide bonds. The van der Waals surface area contributed by atoms with E-state index in [0.29, 0.717) is 17.4 Å². The predicted molar refractivity (Wildman–Crippen MR) is 302 cm³/mol. The number of amides is 1. The Balaban J connectivity index is 4.04. The number of quaternary nitrogens is 1. The Hall–Kier alpha value is -0.760. The Labute approximate surface area is 437 Å². The molecule has 0 heterocycles. The molecule has 0 bridgehead atoms. The van der Waals surface area contributed by atoms with Gasteiger partial charge in [-0.15, -0.1) is 0 Å². The minimum absolute atomic E-state index is 0.00269. The van der Waals surface area contributed by atoms with Gasteiger partial charge < -0.3 is 28.8 Å². The lowest BCUT2D eigenvalue weighted by Gasteiger charge is -2.29. The number of carbonyl (C=O) groups excluding carboxylic acids is 1. The first-order chi connectivity index (χ1) is 34.0. The van der Waals surface area contributed by atoms with Crippen molar-refractivity contribution in [2.45, 2.75) is 334 Å². The third-order valence-electron chi connectivity index (χ3n) is 14.5. The molecule has 0 saturated heterocycles. The van der Waals surface area contributed by atoms with Crippen molar-refractivity contribution in [3.8, 4) is 0 Å². The number of aliphatic hydroxyl groups excluding tert-OH is 1. The molecule has 3 unspecified atom stereocenters. The maximum absolute atomic E-state index is 12.9. The maximum Gasteiger partial charge on any atom is 0.268 e. The molecule has 0 radical (unpaired) electrons. The Morgan fingerprint density at radius 1 is 0.486 bits per heavy atom. The minimum atomic E-state index is -4.59. The lowest BCUT2D eigenvalue weighted by Crippen LogP contribution is -2.45. The molecule has 70 heavy (non-hydrogen) atoms. The summed E-state index contributed by atoms with van der Waals surface area (Å²) in [4.78, 5) is 25.5. The van der Waals surface area contributed by atoms with Crippen LogP contribution in [0, 0.1) is 0 Å². The van der Waals surface area contributed by atoms with E-state index < -0.39 is 20.0 Å². The molecule has 0 aromatic heterocycles. The average molecular weight is 1010 g/mol. The molecule has 0 spiro atoms. The second-order valence-electron chi connectivity index (χ2n) is 22.8. The molecule has 0 fully saturated rings. The van der Waals surface area contributed by atoms with Crippen LogP contribution in [0.2, 0.25) is 0 Å². The van der Waals surface area contributed by atoms with Gasteiger partial charge in [-0.2, -0.15) is 0 Å². The number of likely N-dealkylation sites (N-methyl/N-ethyl adjacent to an activating group) is 1. The second kappa shape index (κ2) is 53.1. The summed E-state index contributed by atoms with van der Waals surface area (Å²) in [7, 11) is 1.28. The van der Waals surface area contributed by atoms with Gasteiger partial charge in [0.05, 0.1) is 39.9 Å². The molecule has 0 rings (SSSR count). The minimum Gasteiger partial charge on any atom is -0.756 e. The molecule has 3 atom stereocenters. The standard InChI is InChI=1S/C61H123N2O6P/c1-6-8-10-12-14-16-18-20-22-24-25-26-27-28-29-30-31-32-33-34-35-36-37-38-39-40-42-44-46-48-50-52-54-60(64)59(58-69-70(66,67)68-57-56-63(3,4)5)62-61(65)55-53-51-49-47-45-43-41-23-21-19-17-15-13-11-9-7-2/h52,54,59-60,64H,6-51,53,55-58H2,1-5H3,(H-,62,65,66,67)/b54-52+. The summed E-state index contributed by atoms with van der Waals surface area (Å²) >= 11 is 0. The van der Waals surface area contributed by atoms with Crippen LogP contribution in [0.15, 0.2) is 12.2 Å². The first-order valence-corrected chi connectivity index (χ1v) is 32.5. The fourth-order valence-electron chi connectivity index (χ4n) is 9.63. The normalized spacial score (nSPS) is 13.9. The molecule has 0 aliphatic heterocycles. The van der Waals surface area contributed by atoms with Crippen LogP contribution in [-0.4, -0.2) is 68.5 Å². The number of rotatable bonds is 58. The zero-order chi connectivity index (χ0) is 51.3. The lowest BCUT2D eigenvalue weighted by atomic mass is 10.0. The van der Waals surface area contributed by atoms with Gasteiger partial charge >= 0.3 is 0 Å². The number of phosphoric ester groups is 1. The summed E-state index contributed by atoms with van der Waals surface area (Å²) in [5, 5.41) is 13.9. The Morgan fingerprint density at radius 2 is 0.771 bits per heavy atom. The SMILES string of the molecule is CCCCCCCCCCCCCCCCCCCCCCCCCCCCCCCC/C=C/C(O)C(COP(=O)([O-])OCC[N+](C)(C)C)NC(=O)CCCCCCCCCCCCCCCCCC. The molecular weight excluding hydrogens is 888 g/mol. The largest absolute Gasteiger partial charge is 0.756 e. The number of allylic oxidation sites excluding steroid dienone is 1. The molecule has 0 aliphatic carbocycles. The van der Waals surface area contributed by atoms with E-state index >= 15 is 0 Å². The van der Waals surface area contributed by atoms with Crippen LogP contribution in [0.3, 0.4) is 0 Å². The van der Waals surface area contributed by atoms with Gasteiger partial charge in [-0.25, -0.2) is 0 Å². The number of aliphatic hydroxyl groups is 1. The van der Waals surface area contributed by atoms with E-state index in [4.69, 9.17) is 9.05 Å². The zero-order valence-electron chi connectivity index (χ0n) is 47.8. The van der Waals surface area contributed by atoms with Crippen molar-refractivity contribution in [2.75, 3.05) is 40.9 Å². The lowest BCUT2D eigenvalue weighted by molar-refractivity contribution is -0.870. The Bertz CT molecular complexity index is 1150. The molecule has 8 nitrogen and oxygen atoms in total. The number of unbranched alkanes of at least 4 members (excludes halogenated alkanes) is 45. The molecule has 0 saturated carbocycles. The molecule has 0 aliphatic rings. The third-order valence-corrected chi connectivity index (χ3v) is 15.5. The van der Waals surface area contributed by atoms with Gasteiger partial charge in [-0.1, -0.05) is 309 Å². The number of phosphoric acid groups is 1. The summed E-state index contributed by atoms with van der Waals surface area (Å²) in [5.41, 5.74) is 0. The number of nitrogens with zero attached hydrogens (tertiary/aromatic N) is 1. The molecule has 418 valence electrons. The van der Waals surface area contributed by atoms with Gasteiger partial charge in [0, 0.05) is 6.42 Å². The van der Waals surface area contributed by atoms with Crippen LogP contribution in [0.4, 0.5) is 0 Å². The van der Waals surface area contributed by atoms with Crippen LogP contribution >= 0.6 is 7.82 Å². The predicted octanol–water partition coefficient (Wildman–Crippen LogP) is 18.4. The van der Waals surface area contributed by atoms with Crippen LogP contribution in [0.1, 0.15) is 322 Å². The molecule has 0 aromatic rings. The number of hydrogen-bond donors (Lipinski definition) is 2. The van der Waals surface area contributed by atoms with Gasteiger partial charge in [0.2, 0.25) is 5.91 Å². The van der Waals surface area contributed by atoms with Crippen LogP contribution in [-0.2, 0) is 18.4 Å².